The Hall–Kier alpha value is -3.10. The van der Waals surface area contributed by atoms with Crippen molar-refractivity contribution in [3.8, 4) is 0 Å². The third-order valence-corrected chi connectivity index (χ3v) is 5.39. The fourth-order valence-electron chi connectivity index (χ4n) is 3.90. The molecule has 1 aromatic heterocycles. The average Bonchev–Trinajstić information content (AvgIpc) is 3.06. The molecule has 8 heteroatoms. The van der Waals surface area contributed by atoms with E-state index >= 15 is 0 Å². The van der Waals surface area contributed by atoms with Gasteiger partial charge in [-0.15, -0.1) is 0 Å². The van der Waals surface area contributed by atoms with Crippen LogP contribution < -0.4 is 16.4 Å². The van der Waals surface area contributed by atoms with Crippen LogP contribution in [-0.4, -0.2) is 40.2 Å². The number of imide groups is 1. The van der Waals surface area contributed by atoms with Crippen molar-refractivity contribution in [1.82, 2.24) is 20.5 Å². The maximum Gasteiger partial charge on any atom is 0.255 e. The van der Waals surface area contributed by atoms with Gasteiger partial charge in [0.15, 0.2) is 0 Å². The quantitative estimate of drug-likeness (QED) is 0.620. The first-order valence-corrected chi connectivity index (χ1v) is 9.67. The van der Waals surface area contributed by atoms with Crippen LogP contribution in [-0.2, 0) is 22.7 Å². The van der Waals surface area contributed by atoms with E-state index in [1.54, 1.807) is 11.1 Å². The Balaban J connectivity index is 1.43. The summed E-state index contributed by atoms with van der Waals surface area (Å²) in [6.45, 7) is 1.38. The number of pyridine rings is 1. The lowest BCUT2D eigenvalue weighted by Crippen LogP contribution is -2.52. The van der Waals surface area contributed by atoms with E-state index < -0.39 is 11.9 Å². The molecule has 2 atom stereocenters. The lowest BCUT2D eigenvalue weighted by molar-refractivity contribution is -0.136. The van der Waals surface area contributed by atoms with E-state index in [9.17, 15) is 14.4 Å². The van der Waals surface area contributed by atoms with E-state index in [0.717, 1.165) is 16.8 Å². The highest BCUT2D eigenvalue weighted by Crippen LogP contribution is 2.29. The first-order chi connectivity index (χ1) is 14.0. The molecule has 150 valence electrons. The molecule has 4 N–H and O–H groups in total. The number of nitrogens with two attached hydrogens (primary N) is 1. The van der Waals surface area contributed by atoms with Crippen LogP contribution in [0.5, 0.6) is 0 Å². The second-order valence-electron chi connectivity index (χ2n) is 7.34. The fourth-order valence-corrected chi connectivity index (χ4v) is 3.90. The summed E-state index contributed by atoms with van der Waals surface area (Å²) < 4.78 is 0. The lowest BCUT2D eigenvalue weighted by Gasteiger charge is -2.29. The SMILES string of the molecule is NC(CNCc1cccc2c1C(=O)N(C1CCC(=O)NC1=O)C2)c1ccccn1. The zero-order chi connectivity index (χ0) is 20.4. The molecule has 2 unspecified atom stereocenters. The molecule has 2 aliphatic heterocycles. The average molecular weight is 393 g/mol. The standard InChI is InChI=1S/C21H23N5O3/c22-15(16-6-1-2-9-24-16)11-23-10-13-4-3-5-14-12-26(21(29)19(13)14)17-7-8-18(27)25-20(17)28/h1-6,9,15,17,23H,7-8,10-12,22H2,(H,25,27,28). The normalized spacial score (nSPS) is 19.8. The van der Waals surface area contributed by atoms with Crippen LogP contribution in [0.25, 0.3) is 0 Å². The van der Waals surface area contributed by atoms with E-state index in [-0.39, 0.29) is 24.3 Å². The molecule has 3 amide bonds. The van der Waals surface area contributed by atoms with Gasteiger partial charge in [-0.1, -0.05) is 24.3 Å². The Morgan fingerprint density at radius 1 is 1.21 bits per heavy atom. The Labute approximate surface area is 168 Å². The summed E-state index contributed by atoms with van der Waals surface area (Å²) in [6, 6.07) is 10.5. The third-order valence-electron chi connectivity index (χ3n) is 5.39. The maximum absolute atomic E-state index is 13.1. The van der Waals surface area contributed by atoms with Crippen LogP contribution in [0.1, 0.15) is 46.1 Å². The van der Waals surface area contributed by atoms with Crippen molar-refractivity contribution in [3.63, 3.8) is 0 Å². The van der Waals surface area contributed by atoms with Crippen molar-refractivity contribution >= 4 is 17.7 Å². The van der Waals surface area contributed by atoms with Crippen molar-refractivity contribution in [1.29, 1.82) is 0 Å². The van der Waals surface area contributed by atoms with Crippen molar-refractivity contribution in [2.45, 2.75) is 38.0 Å². The van der Waals surface area contributed by atoms with Gasteiger partial charge in [0.25, 0.3) is 5.91 Å². The molecule has 29 heavy (non-hydrogen) atoms. The Kier molecular flexibility index (Phi) is 5.37. The number of nitrogens with one attached hydrogen (secondary N) is 2. The van der Waals surface area contributed by atoms with Gasteiger partial charge in [0.05, 0.1) is 11.7 Å². The van der Waals surface area contributed by atoms with E-state index in [2.05, 4.69) is 15.6 Å². The summed E-state index contributed by atoms with van der Waals surface area (Å²) >= 11 is 0. The van der Waals surface area contributed by atoms with Crippen LogP contribution in [0.3, 0.4) is 0 Å². The smallest absolute Gasteiger partial charge is 0.255 e. The topological polar surface area (TPSA) is 117 Å². The van der Waals surface area contributed by atoms with Gasteiger partial charge >= 0.3 is 0 Å². The number of piperidine rings is 1. The van der Waals surface area contributed by atoms with Gasteiger partial charge in [0, 0.05) is 37.8 Å². The molecule has 4 rings (SSSR count). The minimum absolute atomic E-state index is 0.166. The first kappa shape index (κ1) is 19.2. The zero-order valence-electron chi connectivity index (χ0n) is 15.9. The van der Waals surface area contributed by atoms with Gasteiger partial charge in [-0.2, -0.15) is 0 Å². The van der Waals surface area contributed by atoms with Gasteiger partial charge in [-0.25, -0.2) is 0 Å². The molecule has 0 saturated carbocycles. The number of hydrogen-bond acceptors (Lipinski definition) is 6. The molecule has 0 aliphatic carbocycles. The lowest BCUT2D eigenvalue weighted by atomic mass is 10.0. The largest absolute Gasteiger partial charge is 0.322 e. The number of nitrogens with zero attached hydrogens (tertiary/aromatic N) is 2. The Bertz CT molecular complexity index is 947. The van der Waals surface area contributed by atoms with Crippen molar-refractivity contribution in [2.75, 3.05) is 6.54 Å². The van der Waals surface area contributed by atoms with E-state index in [4.69, 9.17) is 5.73 Å². The number of rotatable bonds is 6. The highest BCUT2D eigenvalue weighted by Gasteiger charge is 2.39. The van der Waals surface area contributed by atoms with Crippen LogP contribution in [0.15, 0.2) is 42.6 Å². The summed E-state index contributed by atoms with van der Waals surface area (Å²) in [4.78, 5) is 42.5. The molecule has 8 nitrogen and oxygen atoms in total. The van der Waals surface area contributed by atoms with Gasteiger partial charge < -0.3 is 16.0 Å². The Morgan fingerprint density at radius 2 is 2.07 bits per heavy atom. The Morgan fingerprint density at radius 3 is 2.83 bits per heavy atom. The van der Waals surface area contributed by atoms with Crippen LogP contribution in [0.2, 0.25) is 0 Å². The van der Waals surface area contributed by atoms with E-state index in [1.807, 2.05) is 36.4 Å². The van der Waals surface area contributed by atoms with Gasteiger partial charge in [0.2, 0.25) is 11.8 Å². The predicted molar refractivity (Wildman–Crippen MR) is 105 cm³/mol. The molecular formula is C21H23N5O3. The first-order valence-electron chi connectivity index (χ1n) is 9.67. The molecule has 1 aromatic carbocycles. The van der Waals surface area contributed by atoms with Gasteiger partial charge in [-0.3, -0.25) is 24.7 Å². The summed E-state index contributed by atoms with van der Waals surface area (Å²) in [5.74, 6) is -0.853. The van der Waals surface area contributed by atoms with Crippen molar-refractivity contribution in [3.05, 3.63) is 65.0 Å². The number of aromatic nitrogens is 1. The van der Waals surface area contributed by atoms with Crippen LogP contribution in [0, 0.1) is 0 Å². The second-order valence-corrected chi connectivity index (χ2v) is 7.34. The number of amides is 3. The molecule has 1 fully saturated rings. The molecule has 0 bridgehead atoms. The molecule has 3 heterocycles. The van der Waals surface area contributed by atoms with Gasteiger partial charge in [-0.05, 0) is 29.7 Å². The predicted octanol–water partition coefficient (Wildman–Crippen LogP) is 0.632. The number of carbonyl (C=O) groups excluding carboxylic acids is 3. The summed E-state index contributed by atoms with van der Waals surface area (Å²) in [7, 11) is 0. The zero-order valence-corrected chi connectivity index (χ0v) is 15.9. The van der Waals surface area contributed by atoms with E-state index in [0.29, 0.717) is 31.6 Å². The molecular weight excluding hydrogens is 370 g/mol. The highest BCUT2D eigenvalue weighted by atomic mass is 16.2. The van der Waals surface area contributed by atoms with Crippen molar-refractivity contribution < 1.29 is 14.4 Å². The number of hydrogen-bond donors (Lipinski definition) is 3. The number of benzene rings is 1. The summed E-state index contributed by atoms with van der Waals surface area (Å²) in [5.41, 5.74) is 9.38. The summed E-state index contributed by atoms with van der Waals surface area (Å²) in [5, 5.41) is 5.63. The van der Waals surface area contributed by atoms with Gasteiger partial charge in [0.1, 0.15) is 6.04 Å². The van der Waals surface area contributed by atoms with Crippen LogP contribution >= 0.6 is 0 Å². The number of carbonyl (C=O) groups is 3. The van der Waals surface area contributed by atoms with E-state index in [1.165, 1.54) is 0 Å². The fraction of sp³-hybridized carbons (Fsp3) is 0.333. The third kappa shape index (κ3) is 3.90. The number of fused-ring (bicyclic) bond motifs is 1. The van der Waals surface area contributed by atoms with Crippen LogP contribution in [0.4, 0.5) is 0 Å². The highest BCUT2D eigenvalue weighted by molar-refractivity contribution is 6.05. The minimum atomic E-state index is -0.606. The molecule has 0 radical (unpaired) electrons. The molecule has 2 aromatic rings. The minimum Gasteiger partial charge on any atom is -0.322 e. The molecule has 0 spiro atoms. The second kappa shape index (κ2) is 8.10. The summed E-state index contributed by atoms with van der Waals surface area (Å²) in [6.07, 6.45) is 2.31. The maximum atomic E-state index is 13.1. The van der Waals surface area contributed by atoms with Crippen molar-refractivity contribution in [2.24, 2.45) is 5.73 Å². The monoisotopic (exact) mass is 393 g/mol. The molecule has 1 saturated heterocycles. The molecule has 2 aliphatic rings.